The van der Waals surface area contributed by atoms with Crippen molar-refractivity contribution in [1.29, 1.82) is 0 Å². The van der Waals surface area contributed by atoms with E-state index < -0.39 is 5.60 Å². The van der Waals surface area contributed by atoms with Crippen LogP contribution in [0.1, 0.15) is 41.6 Å². The molecule has 2 saturated heterocycles. The maximum atomic E-state index is 13.1. The summed E-state index contributed by atoms with van der Waals surface area (Å²) in [5, 5.41) is 19.1. The van der Waals surface area contributed by atoms with Gasteiger partial charge in [0.1, 0.15) is 0 Å². The first-order valence-electron chi connectivity index (χ1n) is 14.0. The van der Waals surface area contributed by atoms with Gasteiger partial charge in [-0.15, -0.1) is 5.10 Å². The van der Waals surface area contributed by atoms with Crippen molar-refractivity contribution >= 4 is 28.9 Å². The molecule has 4 aromatic rings. The zero-order valence-electron chi connectivity index (χ0n) is 23.1. The average molecular weight is 541 g/mol. The smallest absolute Gasteiger partial charge is 0.253 e. The number of carbonyl (C=O) groups excluding carboxylic acids is 1. The molecule has 0 radical (unpaired) electrons. The quantitative estimate of drug-likeness (QED) is 0.383. The van der Waals surface area contributed by atoms with Crippen molar-refractivity contribution in [3.63, 3.8) is 0 Å². The highest BCUT2D eigenvalue weighted by Gasteiger charge is 2.35. The van der Waals surface area contributed by atoms with Gasteiger partial charge in [-0.05, 0) is 88.3 Å². The summed E-state index contributed by atoms with van der Waals surface area (Å²) in [4.78, 5) is 28.5. The van der Waals surface area contributed by atoms with Gasteiger partial charge < -0.3 is 25.1 Å². The Balaban J connectivity index is 1.12. The topological polar surface area (TPSA) is 102 Å². The van der Waals surface area contributed by atoms with Crippen molar-refractivity contribution in [3.05, 3.63) is 78.2 Å². The van der Waals surface area contributed by atoms with E-state index in [4.69, 9.17) is 4.98 Å². The SMILES string of the molecule is CN1CCC(N(C)C(=O)c2ccc(Nc3nc4c(N5CCC(O)(c6cccnc6)CC5)cccn4n3)cc2)CC1. The lowest BCUT2D eigenvalue weighted by Crippen LogP contribution is -2.44. The Labute approximate surface area is 234 Å². The summed E-state index contributed by atoms with van der Waals surface area (Å²) in [6.07, 6.45) is 8.58. The number of pyridine rings is 2. The number of aromatic nitrogens is 4. The van der Waals surface area contributed by atoms with E-state index in [2.05, 4.69) is 32.2 Å². The fraction of sp³-hybridized carbons (Fsp3) is 0.400. The van der Waals surface area contributed by atoms with E-state index in [9.17, 15) is 9.90 Å². The summed E-state index contributed by atoms with van der Waals surface area (Å²) in [5.41, 5.74) is 3.22. The van der Waals surface area contributed by atoms with Crippen molar-refractivity contribution < 1.29 is 9.90 Å². The number of hydrogen-bond donors (Lipinski definition) is 2. The van der Waals surface area contributed by atoms with Gasteiger partial charge in [0.05, 0.1) is 11.3 Å². The van der Waals surface area contributed by atoms with Gasteiger partial charge in [-0.25, -0.2) is 4.52 Å². The number of benzene rings is 1. The summed E-state index contributed by atoms with van der Waals surface area (Å²) in [6.45, 7) is 3.43. The van der Waals surface area contributed by atoms with Gasteiger partial charge >= 0.3 is 0 Å². The fourth-order valence-electron chi connectivity index (χ4n) is 5.81. The highest BCUT2D eigenvalue weighted by molar-refractivity contribution is 5.94. The minimum atomic E-state index is -0.869. The van der Waals surface area contributed by atoms with Crippen LogP contribution in [0.25, 0.3) is 5.65 Å². The minimum absolute atomic E-state index is 0.0496. The van der Waals surface area contributed by atoms with Crippen molar-refractivity contribution in [1.82, 2.24) is 29.4 Å². The lowest BCUT2D eigenvalue weighted by molar-refractivity contribution is 0.0115. The molecule has 2 aliphatic rings. The Kier molecular flexibility index (Phi) is 7.12. The zero-order chi connectivity index (χ0) is 27.7. The Morgan fingerprint density at radius 2 is 1.80 bits per heavy atom. The van der Waals surface area contributed by atoms with E-state index in [1.54, 1.807) is 16.9 Å². The molecule has 6 rings (SSSR count). The third kappa shape index (κ3) is 5.24. The molecule has 0 atom stereocenters. The Morgan fingerprint density at radius 1 is 1.05 bits per heavy atom. The minimum Gasteiger partial charge on any atom is -0.385 e. The largest absolute Gasteiger partial charge is 0.385 e. The van der Waals surface area contributed by atoms with Crippen molar-refractivity contribution in [3.8, 4) is 0 Å². The molecule has 2 N–H and O–H groups in total. The second-order valence-corrected chi connectivity index (χ2v) is 11.0. The number of amides is 1. The Morgan fingerprint density at radius 3 is 2.50 bits per heavy atom. The molecule has 208 valence electrons. The molecule has 0 saturated carbocycles. The molecule has 3 aromatic heterocycles. The molecule has 0 bridgehead atoms. The summed E-state index contributed by atoms with van der Waals surface area (Å²) >= 11 is 0. The van der Waals surface area contributed by atoms with E-state index in [0.717, 1.165) is 48.5 Å². The van der Waals surface area contributed by atoms with Crippen LogP contribution in [0.2, 0.25) is 0 Å². The highest BCUT2D eigenvalue weighted by Crippen LogP contribution is 2.35. The third-order valence-corrected chi connectivity index (χ3v) is 8.42. The van der Waals surface area contributed by atoms with Crippen LogP contribution >= 0.6 is 0 Å². The van der Waals surface area contributed by atoms with Crippen LogP contribution in [0.15, 0.2) is 67.1 Å². The molecular weight excluding hydrogens is 504 g/mol. The normalized spacial score (nSPS) is 18.1. The molecule has 40 heavy (non-hydrogen) atoms. The van der Waals surface area contributed by atoms with Crippen LogP contribution < -0.4 is 10.2 Å². The molecule has 10 nitrogen and oxygen atoms in total. The number of aliphatic hydroxyl groups is 1. The molecule has 5 heterocycles. The van der Waals surface area contributed by atoms with Crippen molar-refractivity contribution in [2.24, 2.45) is 0 Å². The molecule has 2 aliphatic heterocycles. The van der Waals surface area contributed by atoms with Crippen molar-refractivity contribution in [2.75, 3.05) is 50.5 Å². The molecule has 10 heteroatoms. The van der Waals surface area contributed by atoms with Gasteiger partial charge in [-0.1, -0.05) is 6.07 Å². The molecular formula is C30H36N8O2. The number of carbonyl (C=O) groups is 1. The number of nitrogens with one attached hydrogen (secondary N) is 1. The third-order valence-electron chi connectivity index (χ3n) is 8.42. The second-order valence-electron chi connectivity index (χ2n) is 11.0. The second kappa shape index (κ2) is 10.9. The van der Waals surface area contributed by atoms with Gasteiger partial charge in [0.15, 0.2) is 5.65 Å². The van der Waals surface area contributed by atoms with Crippen molar-refractivity contribution in [2.45, 2.75) is 37.3 Å². The maximum Gasteiger partial charge on any atom is 0.253 e. The number of anilines is 3. The van der Waals surface area contributed by atoms with Crippen LogP contribution in [0.3, 0.4) is 0 Å². The number of piperidine rings is 2. The number of rotatable bonds is 6. The number of likely N-dealkylation sites (tertiary alicyclic amines) is 1. The van der Waals surface area contributed by atoms with Gasteiger partial charge in [-0.2, -0.15) is 4.98 Å². The molecule has 0 unspecified atom stereocenters. The van der Waals surface area contributed by atoms with Gasteiger partial charge in [-0.3, -0.25) is 9.78 Å². The van der Waals surface area contributed by atoms with Gasteiger partial charge in [0, 0.05) is 61.6 Å². The number of fused-ring (bicyclic) bond motifs is 1. The number of hydrogen-bond acceptors (Lipinski definition) is 8. The average Bonchev–Trinajstić information content (AvgIpc) is 3.41. The first-order chi connectivity index (χ1) is 19.4. The van der Waals surface area contributed by atoms with E-state index in [1.807, 2.05) is 66.7 Å². The molecule has 2 fully saturated rings. The monoisotopic (exact) mass is 540 g/mol. The van der Waals surface area contributed by atoms with E-state index >= 15 is 0 Å². The maximum absolute atomic E-state index is 13.1. The molecule has 1 aromatic carbocycles. The Hall–Kier alpha value is -4.02. The summed E-state index contributed by atoms with van der Waals surface area (Å²) < 4.78 is 1.77. The van der Waals surface area contributed by atoms with E-state index in [-0.39, 0.29) is 11.9 Å². The van der Waals surface area contributed by atoms with Crippen LogP contribution in [0.5, 0.6) is 0 Å². The zero-order valence-corrected chi connectivity index (χ0v) is 23.1. The predicted octanol–water partition coefficient (Wildman–Crippen LogP) is 3.52. The Bertz CT molecular complexity index is 1460. The van der Waals surface area contributed by atoms with Crippen LogP contribution in [0.4, 0.5) is 17.3 Å². The van der Waals surface area contributed by atoms with E-state index in [1.165, 1.54) is 0 Å². The lowest BCUT2D eigenvalue weighted by Gasteiger charge is -2.39. The first-order valence-corrected chi connectivity index (χ1v) is 14.0. The highest BCUT2D eigenvalue weighted by atomic mass is 16.3. The molecule has 0 spiro atoms. The molecule has 0 aliphatic carbocycles. The van der Waals surface area contributed by atoms with Crippen LogP contribution in [-0.2, 0) is 5.60 Å². The number of nitrogens with zero attached hydrogens (tertiary/aromatic N) is 7. The van der Waals surface area contributed by atoms with Crippen LogP contribution in [0, 0.1) is 0 Å². The first kappa shape index (κ1) is 26.2. The fourth-order valence-corrected chi connectivity index (χ4v) is 5.81. The molecule has 1 amide bonds. The standard InChI is InChI=1S/C30H36N8O2/c1-35-17-11-25(12-18-35)36(2)28(39)22-7-9-24(10-8-22)32-29-33-27-26(6-4-16-38(27)34-29)37-19-13-30(40,14-20-37)23-5-3-15-31-21-23/h3-10,15-16,21,25,40H,11-14,17-20H2,1-2H3,(H,32,34). The summed E-state index contributed by atoms with van der Waals surface area (Å²) in [5.74, 6) is 0.535. The van der Waals surface area contributed by atoms with E-state index in [0.29, 0.717) is 37.4 Å². The summed E-state index contributed by atoms with van der Waals surface area (Å²) in [7, 11) is 4.03. The van der Waals surface area contributed by atoms with Gasteiger partial charge in [0.2, 0.25) is 5.95 Å². The lowest BCUT2D eigenvalue weighted by atomic mass is 9.85. The van der Waals surface area contributed by atoms with Gasteiger partial charge in [0.25, 0.3) is 5.91 Å². The predicted molar refractivity (Wildman–Crippen MR) is 155 cm³/mol. The summed E-state index contributed by atoms with van der Waals surface area (Å²) in [6, 6.07) is 15.6. The van der Waals surface area contributed by atoms with Crippen LogP contribution in [-0.4, -0.2) is 86.7 Å².